The Kier molecular flexibility index (Phi) is 7.73. The zero-order chi connectivity index (χ0) is 22.9. The molecule has 172 valence electrons. The number of nitrogen functional groups attached to an aromatic ring is 1. The summed E-state index contributed by atoms with van der Waals surface area (Å²) in [4.78, 5) is 50.7. The monoisotopic (exact) mass is 499 g/mol. The largest absolute Gasteiger partial charge is 0.490 e. The van der Waals surface area contributed by atoms with Gasteiger partial charge in [-0.1, -0.05) is 0 Å². The molecular formula is C10H17FN3O13P3. The first-order chi connectivity index (χ1) is 13.6. The maximum Gasteiger partial charge on any atom is 0.490 e. The third-order valence-electron chi connectivity index (χ3n) is 3.64. The Hall–Kier alpha value is -1.06. The predicted octanol–water partition coefficient (Wildman–Crippen LogP) is -0.987. The maximum absolute atomic E-state index is 13.4. The van der Waals surface area contributed by atoms with Gasteiger partial charge < -0.3 is 35.2 Å². The fraction of sp³-hybridized carbons (Fsp3) is 0.600. The number of nitrogens with two attached hydrogens (primary N) is 1. The van der Waals surface area contributed by atoms with Crippen LogP contribution in [0.2, 0.25) is 0 Å². The molecule has 1 aromatic heterocycles. The van der Waals surface area contributed by atoms with Crippen molar-refractivity contribution >= 4 is 29.3 Å². The highest BCUT2D eigenvalue weighted by atomic mass is 31.3. The van der Waals surface area contributed by atoms with Crippen LogP contribution < -0.4 is 11.4 Å². The number of aliphatic hydroxyl groups is 1. The van der Waals surface area contributed by atoms with Gasteiger partial charge in [0.25, 0.3) is 0 Å². The van der Waals surface area contributed by atoms with Crippen molar-refractivity contribution in [2.75, 3.05) is 19.0 Å². The number of aliphatic hydroxyl groups excluding tert-OH is 1. The van der Waals surface area contributed by atoms with Gasteiger partial charge in [0.05, 0.1) is 19.4 Å². The zero-order valence-electron chi connectivity index (χ0n) is 14.6. The van der Waals surface area contributed by atoms with Crippen molar-refractivity contribution in [2.24, 2.45) is 5.92 Å². The lowest BCUT2D eigenvalue weighted by molar-refractivity contribution is -0.0529. The molecule has 0 saturated carbocycles. The summed E-state index contributed by atoms with van der Waals surface area (Å²) in [5, 5.41) is 10.2. The second kappa shape index (κ2) is 9.20. The lowest BCUT2D eigenvalue weighted by Gasteiger charge is -2.20. The number of hydrogen-bond donors (Lipinski definition) is 6. The molecule has 16 nitrogen and oxygen atoms in total. The van der Waals surface area contributed by atoms with E-state index in [4.69, 9.17) is 25.2 Å². The highest BCUT2D eigenvalue weighted by Gasteiger charge is 2.47. The van der Waals surface area contributed by atoms with Gasteiger partial charge in [0.15, 0.2) is 6.23 Å². The van der Waals surface area contributed by atoms with E-state index in [-0.39, 0.29) is 5.82 Å². The zero-order valence-corrected chi connectivity index (χ0v) is 17.3. The van der Waals surface area contributed by atoms with Gasteiger partial charge >= 0.3 is 29.2 Å². The summed E-state index contributed by atoms with van der Waals surface area (Å²) < 4.78 is 64.5. The Morgan fingerprint density at radius 2 is 1.83 bits per heavy atom. The molecule has 6 unspecified atom stereocenters. The van der Waals surface area contributed by atoms with Crippen molar-refractivity contribution in [3.63, 3.8) is 0 Å². The second-order valence-electron chi connectivity index (χ2n) is 5.80. The lowest BCUT2D eigenvalue weighted by atomic mass is 10.00. The van der Waals surface area contributed by atoms with Gasteiger partial charge in [0.1, 0.15) is 11.9 Å². The molecule has 0 spiro atoms. The van der Waals surface area contributed by atoms with Crippen LogP contribution in [0, 0.1) is 5.92 Å². The molecule has 2 rings (SSSR count). The minimum absolute atomic E-state index is 0.130. The van der Waals surface area contributed by atoms with Gasteiger partial charge in [-0.2, -0.15) is 13.6 Å². The van der Waals surface area contributed by atoms with Crippen LogP contribution in [0.15, 0.2) is 17.1 Å². The molecule has 1 fully saturated rings. The summed E-state index contributed by atoms with van der Waals surface area (Å²) in [6.45, 7) is -2.22. The number of aromatic nitrogens is 2. The van der Waals surface area contributed by atoms with Crippen LogP contribution in [0.3, 0.4) is 0 Å². The van der Waals surface area contributed by atoms with E-state index in [1.54, 1.807) is 0 Å². The van der Waals surface area contributed by atoms with Crippen LogP contribution in [0.25, 0.3) is 0 Å². The molecule has 0 radical (unpaired) electrons. The van der Waals surface area contributed by atoms with Crippen molar-refractivity contribution in [3.05, 3.63) is 22.7 Å². The van der Waals surface area contributed by atoms with Gasteiger partial charge in [-0.3, -0.25) is 13.5 Å². The molecule has 1 aliphatic rings. The lowest BCUT2D eigenvalue weighted by Crippen LogP contribution is -2.34. The van der Waals surface area contributed by atoms with Crippen LogP contribution in [0.1, 0.15) is 6.23 Å². The van der Waals surface area contributed by atoms with Crippen LogP contribution in [0.4, 0.5) is 10.2 Å². The number of phosphoric acid groups is 3. The maximum atomic E-state index is 13.4. The first-order valence-electron chi connectivity index (χ1n) is 7.66. The average molecular weight is 499 g/mol. The van der Waals surface area contributed by atoms with Crippen LogP contribution in [0.5, 0.6) is 0 Å². The van der Waals surface area contributed by atoms with E-state index >= 15 is 0 Å². The standard InChI is InChI=1S/C10H17FN3O13P3/c11-3-5-6(4-24-29(20,21)27-30(22,23)26-28(17,18)19)25-9(8(5)15)14-2-1-7(12)13-10(14)16/h1-2,5-6,8-9,15H,3-4H2,(H,20,21)(H,22,23)(H2,12,13,16)(H2,17,18,19). The Morgan fingerprint density at radius 1 is 1.20 bits per heavy atom. The predicted molar refractivity (Wildman–Crippen MR) is 92.1 cm³/mol. The van der Waals surface area contributed by atoms with Gasteiger partial charge in [-0.05, 0) is 6.07 Å². The molecule has 1 saturated heterocycles. The van der Waals surface area contributed by atoms with E-state index in [9.17, 15) is 32.9 Å². The first-order valence-corrected chi connectivity index (χ1v) is 12.2. The van der Waals surface area contributed by atoms with Crippen molar-refractivity contribution in [2.45, 2.75) is 18.4 Å². The molecule has 2 heterocycles. The summed E-state index contributed by atoms with van der Waals surface area (Å²) in [6, 6.07) is 1.20. The summed E-state index contributed by atoms with van der Waals surface area (Å²) in [5.41, 5.74) is 4.40. The highest BCUT2D eigenvalue weighted by molar-refractivity contribution is 7.66. The van der Waals surface area contributed by atoms with E-state index in [1.165, 1.54) is 6.07 Å². The van der Waals surface area contributed by atoms with Gasteiger partial charge in [-0.25, -0.2) is 18.5 Å². The van der Waals surface area contributed by atoms with Crippen molar-refractivity contribution in [3.8, 4) is 0 Å². The minimum Gasteiger partial charge on any atom is -0.388 e. The Balaban J connectivity index is 2.10. The van der Waals surface area contributed by atoms with Gasteiger partial charge in [-0.15, -0.1) is 0 Å². The summed E-state index contributed by atoms with van der Waals surface area (Å²) in [6.07, 6.45) is -3.45. The van der Waals surface area contributed by atoms with Crippen LogP contribution in [-0.4, -0.2) is 59.7 Å². The summed E-state index contributed by atoms with van der Waals surface area (Å²) in [5.74, 6) is -1.50. The molecule has 0 bridgehead atoms. The molecule has 0 amide bonds. The van der Waals surface area contributed by atoms with E-state index in [1.807, 2.05) is 0 Å². The summed E-state index contributed by atoms with van der Waals surface area (Å²) in [7, 11) is -16.8. The fourth-order valence-electron chi connectivity index (χ4n) is 2.47. The van der Waals surface area contributed by atoms with Gasteiger partial charge in [0, 0.05) is 12.1 Å². The van der Waals surface area contributed by atoms with E-state index in [0.29, 0.717) is 0 Å². The number of anilines is 1. The van der Waals surface area contributed by atoms with Crippen LogP contribution >= 0.6 is 23.5 Å². The van der Waals surface area contributed by atoms with E-state index in [0.717, 1.165) is 10.8 Å². The minimum atomic E-state index is -5.73. The fourth-order valence-corrected chi connectivity index (χ4v) is 5.50. The Labute approximate surface area is 166 Å². The number of hydrogen-bond acceptors (Lipinski definition) is 11. The molecule has 6 atom stereocenters. The number of phosphoric ester groups is 1. The quantitative estimate of drug-likeness (QED) is 0.223. The Bertz CT molecular complexity index is 968. The summed E-state index contributed by atoms with van der Waals surface area (Å²) >= 11 is 0. The average Bonchev–Trinajstić information content (AvgIpc) is 2.85. The molecule has 1 aliphatic heterocycles. The number of alkyl halides is 1. The van der Waals surface area contributed by atoms with Gasteiger partial charge in [0.2, 0.25) is 0 Å². The first kappa shape index (κ1) is 25.2. The number of rotatable bonds is 9. The molecule has 1 aromatic rings. The molecule has 20 heteroatoms. The Morgan fingerprint density at radius 3 is 2.37 bits per heavy atom. The van der Waals surface area contributed by atoms with Crippen molar-refractivity contribution < 1.29 is 60.6 Å². The highest BCUT2D eigenvalue weighted by Crippen LogP contribution is 2.66. The molecule has 7 N–H and O–H groups in total. The van der Waals surface area contributed by atoms with Crippen molar-refractivity contribution in [1.29, 1.82) is 0 Å². The normalized spacial score (nSPS) is 28.7. The van der Waals surface area contributed by atoms with Crippen molar-refractivity contribution in [1.82, 2.24) is 9.55 Å². The number of ether oxygens (including phenoxy) is 1. The SMILES string of the molecule is Nc1ccn(C2OC(COP(=O)(O)OP(=O)(O)OP(=O)(O)O)C(CF)C2O)c(=O)n1. The topological polar surface area (TPSA) is 250 Å². The third kappa shape index (κ3) is 6.72. The van der Waals surface area contributed by atoms with Crippen LogP contribution in [-0.2, 0) is 31.6 Å². The smallest absolute Gasteiger partial charge is 0.388 e. The molecular weight excluding hydrogens is 482 g/mol. The molecule has 0 aromatic carbocycles. The third-order valence-corrected chi connectivity index (χ3v) is 7.45. The molecule has 0 aliphatic carbocycles. The van der Waals surface area contributed by atoms with E-state index < -0.39 is 66.8 Å². The van der Waals surface area contributed by atoms with E-state index in [2.05, 4.69) is 18.1 Å². The molecule has 30 heavy (non-hydrogen) atoms. The second-order valence-corrected chi connectivity index (χ2v) is 10.2. The number of halogens is 1. The number of nitrogens with zero attached hydrogens (tertiary/aromatic N) is 2.